The van der Waals surface area contributed by atoms with E-state index in [1.165, 1.54) is 0 Å². The summed E-state index contributed by atoms with van der Waals surface area (Å²) in [5, 5.41) is 6.46. The lowest BCUT2D eigenvalue weighted by atomic mass is 10.3. The maximum atomic E-state index is 11.4. The number of aryl methyl sites for hydroxylation is 1. The Kier molecular flexibility index (Phi) is 4.67. The predicted molar refractivity (Wildman–Crippen MR) is 72.1 cm³/mol. The van der Waals surface area contributed by atoms with E-state index < -0.39 is 0 Å². The van der Waals surface area contributed by atoms with Crippen molar-refractivity contribution in [2.45, 2.75) is 20.0 Å². The molecule has 0 bridgehead atoms. The fourth-order valence-corrected chi connectivity index (χ4v) is 1.54. The summed E-state index contributed by atoms with van der Waals surface area (Å²) in [5.74, 6) is 1.54. The number of hydrogen-bond donors (Lipinski definition) is 2. The van der Waals surface area contributed by atoms with Gasteiger partial charge in [-0.15, -0.1) is 0 Å². The zero-order chi connectivity index (χ0) is 14.4. The third-order valence-electron chi connectivity index (χ3n) is 2.45. The van der Waals surface area contributed by atoms with E-state index in [2.05, 4.69) is 15.5 Å². The molecule has 0 aliphatic heterocycles. The van der Waals surface area contributed by atoms with Crippen LogP contribution in [0.25, 0.3) is 0 Å². The van der Waals surface area contributed by atoms with Gasteiger partial charge in [0.1, 0.15) is 5.75 Å². The molecule has 7 heteroatoms. The molecular weight excluding hydrogens is 260 g/mol. The lowest BCUT2D eigenvalue weighted by Crippen LogP contribution is -2.16. The van der Waals surface area contributed by atoms with Gasteiger partial charge in [-0.25, -0.2) is 0 Å². The van der Waals surface area contributed by atoms with Crippen molar-refractivity contribution < 1.29 is 14.1 Å². The minimum absolute atomic E-state index is 0.108. The standard InChI is InChI=1S/C13H16N4O3/c1-9-15-12(17-20-9)8-19-11-4-2-10(3-5-11)16-13(18)6-7-14/h2-5H,6-8,14H2,1H3,(H,16,18). The van der Waals surface area contributed by atoms with Gasteiger partial charge >= 0.3 is 0 Å². The summed E-state index contributed by atoms with van der Waals surface area (Å²) >= 11 is 0. The van der Waals surface area contributed by atoms with Gasteiger partial charge < -0.3 is 20.3 Å². The molecule has 2 rings (SSSR count). The number of hydrogen-bond acceptors (Lipinski definition) is 6. The molecule has 0 saturated carbocycles. The normalized spacial score (nSPS) is 10.3. The molecule has 0 unspecified atom stereocenters. The Morgan fingerprint density at radius 1 is 1.40 bits per heavy atom. The molecule has 7 nitrogen and oxygen atoms in total. The van der Waals surface area contributed by atoms with Gasteiger partial charge in [-0.2, -0.15) is 4.98 Å². The topological polar surface area (TPSA) is 103 Å². The van der Waals surface area contributed by atoms with E-state index in [-0.39, 0.29) is 12.5 Å². The number of nitrogens with zero attached hydrogens (tertiary/aromatic N) is 2. The van der Waals surface area contributed by atoms with Gasteiger partial charge in [0, 0.05) is 25.6 Å². The highest BCUT2D eigenvalue weighted by Crippen LogP contribution is 2.16. The van der Waals surface area contributed by atoms with Crippen LogP contribution in [0.4, 0.5) is 5.69 Å². The minimum Gasteiger partial charge on any atom is -0.485 e. The van der Waals surface area contributed by atoms with E-state index in [0.29, 0.717) is 36.1 Å². The predicted octanol–water partition coefficient (Wildman–Crippen LogP) is 1.24. The molecule has 0 fully saturated rings. The van der Waals surface area contributed by atoms with Crippen LogP contribution in [-0.4, -0.2) is 22.6 Å². The number of amides is 1. The number of aromatic nitrogens is 2. The summed E-state index contributed by atoms with van der Waals surface area (Å²) in [6.45, 7) is 2.28. The van der Waals surface area contributed by atoms with Crippen LogP contribution in [-0.2, 0) is 11.4 Å². The number of nitrogens with one attached hydrogen (secondary N) is 1. The van der Waals surface area contributed by atoms with Crippen LogP contribution in [0.1, 0.15) is 18.1 Å². The van der Waals surface area contributed by atoms with E-state index in [1.54, 1.807) is 31.2 Å². The number of ether oxygens (including phenoxy) is 1. The average molecular weight is 276 g/mol. The molecule has 3 N–H and O–H groups in total. The van der Waals surface area contributed by atoms with Crippen LogP contribution in [0.5, 0.6) is 5.75 Å². The highest BCUT2D eigenvalue weighted by molar-refractivity contribution is 5.90. The maximum Gasteiger partial charge on any atom is 0.225 e. The van der Waals surface area contributed by atoms with Crippen LogP contribution in [0, 0.1) is 6.92 Å². The Morgan fingerprint density at radius 3 is 2.75 bits per heavy atom. The second kappa shape index (κ2) is 6.67. The summed E-state index contributed by atoms with van der Waals surface area (Å²) in [6.07, 6.45) is 0.301. The fourth-order valence-electron chi connectivity index (χ4n) is 1.54. The first-order valence-electron chi connectivity index (χ1n) is 6.19. The van der Waals surface area contributed by atoms with Crippen molar-refractivity contribution in [3.05, 3.63) is 36.0 Å². The fraction of sp³-hybridized carbons (Fsp3) is 0.308. The third-order valence-corrected chi connectivity index (χ3v) is 2.45. The van der Waals surface area contributed by atoms with Crippen molar-refractivity contribution in [3.8, 4) is 5.75 Å². The Bertz CT molecular complexity index is 565. The number of benzene rings is 1. The van der Waals surface area contributed by atoms with Gasteiger partial charge in [0.2, 0.25) is 17.6 Å². The van der Waals surface area contributed by atoms with E-state index in [4.69, 9.17) is 15.0 Å². The summed E-state index contributed by atoms with van der Waals surface area (Å²) < 4.78 is 10.3. The van der Waals surface area contributed by atoms with Crippen LogP contribution in [0.3, 0.4) is 0 Å². The molecule has 0 radical (unpaired) electrons. The lowest BCUT2D eigenvalue weighted by molar-refractivity contribution is -0.116. The van der Waals surface area contributed by atoms with Gasteiger partial charge in [-0.3, -0.25) is 4.79 Å². The molecule has 20 heavy (non-hydrogen) atoms. The van der Waals surface area contributed by atoms with Crippen LogP contribution < -0.4 is 15.8 Å². The zero-order valence-corrected chi connectivity index (χ0v) is 11.1. The van der Waals surface area contributed by atoms with Crippen molar-refractivity contribution in [2.24, 2.45) is 5.73 Å². The number of carbonyl (C=O) groups is 1. The molecule has 1 amide bonds. The molecule has 0 spiro atoms. The van der Waals surface area contributed by atoms with Crippen LogP contribution in [0.15, 0.2) is 28.8 Å². The number of rotatable bonds is 6. The smallest absolute Gasteiger partial charge is 0.225 e. The SMILES string of the molecule is Cc1nc(COc2ccc(NC(=O)CCN)cc2)no1. The molecular formula is C13H16N4O3. The van der Waals surface area contributed by atoms with E-state index in [9.17, 15) is 4.79 Å². The van der Waals surface area contributed by atoms with Crippen molar-refractivity contribution >= 4 is 11.6 Å². The lowest BCUT2D eigenvalue weighted by Gasteiger charge is -2.06. The highest BCUT2D eigenvalue weighted by atomic mass is 16.5. The number of anilines is 1. The van der Waals surface area contributed by atoms with Gasteiger partial charge in [-0.05, 0) is 24.3 Å². The summed E-state index contributed by atoms with van der Waals surface area (Å²) in [5.41, 5.74) is 6.00. The van der Waals surface area contributed by atoms with E-state index in [0.717, 1.165) is 0 Å². The molecule has 106 valence electrons. The first kappa shape index (κ1) is 14.0. The Hall–Kier alpha value is -2.41. The van der Waals surface area contributed by atoms with Crippen molar-refractivity contribution in [3.63, 3.8) is 0 Å². The van der Waals surface area contributed by atoms with Gasteiger partial charge in [0.05, 0.1) is 0 Å². The molecule has 0 aliphatic rings. The van der Waals surface area contributed by atoms with E-state index >= 15 is 0 Å². The Labute approximate surface area is 116 Å². The van der Waals surface area contributed by atoms with Gasteiger partial charge in [0.25, 0.3) is 0 Å². The van der Waals surface area contributed by atoms with Gasteiger partial charge in [-0.1, -0.05) is 5.16 Å². The van der Waals surface area contributed by atoms with Crippen molar-refractivity contribution in [2.75, 3.05) is 11.9 Å². The molecule has 2 aromatic rings. The van der Waals surface area contributed by atoms with Gasteiger partial charge in [0.15, 0.2) is 6.61 Å². The number of nitrogens with two attached hydrogens (primary N) is 1. The average Bonchev–Trinajstić information content (AvgIpc) is 2.84. The second-order valence-electron chi connectivity index (χ2n) is 4.13. The summed E-state index contributed by atoms with van der Waals surface area (Å²) in [7, 11) is 0. The zero-order valence-electron chi connectivity index (χ0n) is 11.1. The first-order chi connectivity index (χ1) is 9.67. The second-order valence-corrected chi connectivity index (χ2v) is 4.13. The molecule has 0 saturated heterocycles. The molecule has 1 aromatic carbocycles. The largest absolute Gasteiger partial charge is 0.485 e. The maximum absolute atomic E-state index is 11.4. The van der Waals surface area contributed by atoms with Crippen LogP contribution >= 0.6 is 0 Å². The number of carbonyl (C=O) groups excluding carboxylic acids is 1. The Morgan fingerprint density at radius 2 is 2.15 bits per heavy atom. The minimum atomic E-state index is -0.108. The third kappa shape index (κ3) is 4.06. The first-order valence-corrected chi connectivity index (χ1v) is 6.19. The summed E-state index contributed by atoms with van der Waals surface area (Å²) in [6, 6.07) is 7.02. The van der Waals surface area contributed by atoms with Crippen molar-refractivity contribution in [1.29, 1.82) is 0 Å². The highest BCUT2D eigenvalue weighted by Gasteiger charge is 2.04. The van der Waals surface area contributed by atoms with Crippen LogP contribution in [0.2, 0.25) is 0 Å². The molecule has 1 heterocycles. The molecule has 1 aromatic heterocycles. The quantitative estimate of drug-likeness (QED) is 0.822. The molecule has 0 atom stereocenters. The summed E-state index contributed by atoms with van der Waals surface area (Å²) in [4.78, 5) is 15.4. The molecule has 0 aliphatic carbocycles. The Balaban J connectivity index is 1.86. The monoisotopic (exact) mass is 276 g/mol. The van der Waals surface area contributed by atoms with E-state index in [1.807, 2.05) is 0 Å². The van der Waals surface area contributed by atoms with Crippen molar-refractivity contribution in [1.82, 2.24) is 10.1 Å².